The summed E-state index contributed by atoms with van der Waals surface area (Å²) in [5.74, 6) is -0.142. The number of rotatable bonds is 5. The van der Waals surface area contributed by atoms with Gasteiger partial charge in [-0.2, -0.15) is 0 Å². The van der Waals surface area contributed by atoms with Crippen LogP contribution in [-0.2, 0) is 9.59 Å². The number of thiazole rings is 1. The molecule has 27 heavy (non-hydrogen) atoms. The van der Waals surface area contributed by atoms with E-state index in [4.69, 9.17) is 4.98 Å². The zero-order valence-corrected chi connectivity index (χ0v) is 16.3. The number of aromatic nitrogens is 1. The maximum Gasteiger partial charge on any atom is 0.226 e. The standard InChI is InChI=1S/C21H21N3O2S/c1-13(2)20(26)23-18-8-4-15(5-9-18)19-12-27-21(24-19)16-6-10-17(11-7-16)22-14(3)25/h4-13H,1-3H3,(H,22,25)(H,23,26). The first-order valence-electron chi connectivity index (χ1n) is 8.67. The molecule has 1 aromatic heterocycles. The lowest BCUT2D eigenvalue weighted by Gasteiger charge is -2.07. The molecule has 0 radical (unpaired) electrons. The molecular weight excluding hydrogens is 358 g/mol. The van der Waals surface area contributed by atoms with E-state index in [1.54, 1.807) is 11.3 Å². The molecule has 1 heterocycles. The highest BCUT2D eigenvalue weighted by Gasteiger charge is 2.09. The molecule has 0 aliphatic heterocycles. The zero-order valence-electron chi connectivity index (χ0n) is 15.4. The number of amides is 2. The van der Waals surface area contributed by atoms with Crippen LogP contribution in [-0.4, -0.2) is 16.8 Å². The van der Waals surface area contributed by atoms with Crippen molar-refractivity contribution in [3.63, 3.8) is 0 Å². The SMILES string of the molecule is CC(=O)Nc1ccc(-c2nc(-c3ccc(NC(=O)C(C)C)cc3)cs2)cc1. The molecule has 3 aromatic rings. The van der Waals surface area contributed by atoms with Crippen molar-refractivity contribution >= 4 is 34.5 Å². The van der Waals surface area contributed by atoms with E-state index in [9.17, 15) is 9.59 Å². The monoisotopic (exact) mass is 379 g/mol. The van der Waals surface area contributed by atoms with Gasteiger partial charge in [-0.05, 0) is 36.4 Å². The third kappa shape index (κ3) is 4.80. The van der Waals surface area contributed by atoms with Crippen LogP contribution in [0.5, 0.6) is 0 Å². The van der Waals surface area contributed by atoms with Gasteiger partial charge in [-0.3, -0.25) is 9.59 Å². The van der Waals surface area contributed by atoms with Gasteiger partial charge in [0.15, 0.2) is 0 Å². The summed E-state index contributed by atoms with van der Waals surface area (Å²) in [6.45, 7) is 5.22. The molecule has 2 N–H and O–H groups in total. The average molecular weight is 379 g/mol. The minimum atomic E-state index is -0.0904. The smallest absolute Gasteiger partial charge is 0.226 e. The summed E-state index contributed by atoms with van der Waals surface area (Å²) in [6.07, 6.45) is 0. The highest BCUT2D eigenvalue weighted by molar-refractivity contribution is 7.13. The van der Waals surface area contributed by atoms with Crippen molar-refractivity contribution < 1.29 is 9.59 Å². The molecule has 0 aliphatic carbocycles. The fraction of sp³-hybridized carbons (Fsp3) is 0.190. The van der Waals surface area contributed by atoms with Gasteiger partial charge in [0.05, 0.1) is 5.69 Å². The maximum absolute atomic E-state index is 11.8. The van der Waals surface area contributed by atoms with Gasteiger partial charge >= 0.3 is 0 Å². The van der Waals surface area contributed by atoms with Crippen molar-refractivity contribution in [1.29, 1.82) is 0 Å². The molecule has 0 atom stereocenters. The van der Waals surface area contributed by atoms with Crippen molar-refractivity contribution in [2.45, 2.75) is 20.8 Å². The zero-order chi connectivity index (χ0) is 19.4. The van der Waals surface area contributed by atoms with Crippen LogP contribution in [0.3, 0.4) is 0 Å². The van der Waals surface area contributed by atoms with E-state index in [0.29, 0.717) is 0 Å². The van der Waals surface area contributed by atoms with E-state index >= 15 is 0 Å². The second kappa shape index (κ2) is 8.14. The first kappa shape index (κ1) is 18.8. The number of hydrogen-bond acceptors (Lipinski definition) is 4. The second-order valence-electron chi connectivity index (χ2n) is 6.52. The Morgan fingerprint density at radius 2 is 1.44 bits per heavy atom. The van der Waals surface area contributed by atoms with Gasteiger partial charge in [0, 0.05) is 40.7 Å². The summed E-state index contributed by atoms with van der Waals surface area (Å²) in [6, 6.07) is 15.3. The fourth-order valence-corrected chi connectivity index (χ4v) is 3.28. The van der Waals surface area contributed by atoms with Crippen molar-refractivity contribution in [2.75, 3.05) is 10.6 Å². The number of carbonyl (C=O) groups is 2. The van der Waals surface area contributed by atoms with Crippen LogP contribution in [0.1, 0.15) is 20.8 Å². The van der Waals surface area contributed by atoms with Gasteiger partial charge in [0.25, 0.3) is 0 Å². The molecule has 0 bridgehead atoms. The van der Waals surface area contributed by atoms with Gasteiger partial charge < -0.3 is 10.6 Å². The Kier molecular flexibility index (Phi) is 5.66. The summed E-state index contributed by atoms with van der Waals surface area (Å²) in [4.78, 5) is 27.6. The Hall–Kier alpha value is -2.99. The average Bonchev–Trinajstić information content (AvgIpc) is 3.12. The Morgan fingerprint density at radius 1 is 0.889 bits per heavy atom. The lowest BCUT2D eigenvalue weighted by atomic mass is 10.1. The van der Waals surface area contributed by atoms with Crippen LogP contribution in [0.15, 0.2) is 53.9 Å². The van der Waals surface area contributed by atoms with Crippen LogP contribution in [0.4, 0.5) is 11.4 Å². The van der Waals surface area contributed by atoms with E-state index in [2.05, 4.69) is 10.6 Å². The van der Waals surface area contributed by atoms with E-state index in [1.165, 1.54) is 6.92 Å². The number of hydrogen-bond donors (Lipinski definition) is 2. The Labute approximate surface area is 162 Å². The molecule has 0 fully saturated rings. The third-order valence-corrected chi connectivity index (χ3v) is 4.82. The van der Waals surface area contributed by atoms with Crippen molar-refractivity contribution in [3.05, 3.63) is 53.9 Å². The minimum Gasteiger partial charge on any atom is -0.326 e. The molecule has 2 aromatic carbocycles. The summed E-state index contributed by atoms with van der Waals surface area (Å²) >= 11 is 1.57. The van der Waals surface area contributed by atoms with Crippen LogP contribution in [0.2, 0.25) is 0 Å². The van der Waals surface area contributed by atoms with Gasteiger partial charge in [0.2, 0.25) is 11.8 Å². The predicted octanol–water partition coefficient (Wildman–Crippen LogP) is 5.03. The fourth-order valence-electron chi connectivity index (χ4n) is 2.45. The molecule has 0 unspecified atom stereocenters. The molecule has 138 valence electrons. The Bertz CT molecular complexity index is 944. The number of anilines is 2. The summed E-state index contributed by atoms with van der Waals surface area (Å²) in [5.41, 5.74) is 4.43. The molecule has 5 nitrogen and oxygen atoms in total. The molecule has 0 saturated heterocycles. The van der Waals surface area contributed by atoms with Gasteiger partial charge in [0.1, 0.15) is 5.01 Å². The van der Waals surface area contributed by atoms with Gasteiger partial charge in [-0.25, -0.2) is 4.98 Å². The quantitative estimate of drug-likeness (QED) is 0.653. The number of carbonyl (C=O) groups excluding carboxylic acids is 2. The van der Waals surface area contributed by atoms with Crippen LogP contribution in [0, 0.1) is 5.92 Å². The van der Waals surface area contributed by atoms with Crippen molar-refractivity contribution in [1.82, 2.24) is 4.98 Å². The maximum atomic E-state index is 11.8. The van der Waals surface area contributed by atoms with Gasteiger partial charge in [-0.15, -0.1) is 11.3 Å². The van der Waals surface area contributed by atoms with Crippen LogP contribution < -0.4 is 10.6 Å². The predicted molar refractivity (Wildman–Crippen MR) is 111 cm³/mol. The molecule has 6 heteroatoms. The molecule has 2 amide bonds. The number of benzene rings is 2. The van der Waals surface area contributed by atoms with Crippen molar-refractivity contribution in [3.8, 4) is 21.8 Å². The highest BCUT2D eigenvalue weighted by atomic mass is 32.1. The lowest BCUT2D eigenvalue weighted by Crippen LogP contribution is -2.17. The van der Waals surface area contributed by atoms with Crippen LogP contribution >= 0.6 is 11.3 Å². The Balaban J connectivity index is 1.73. The second-order valence-corrected chi connectivity index (χ2v) is 7.38. The van der Waals surface area contributed by atoms with Crippen LogP contribution in [0.25, 0.3) is 21.8 Å². The third-order valence-electron chi connectivity index (χ3n) is 3.93. The summed E-state index contributed by atoms with van der Waals surface area (Å²) in [7, 11) is 0. The normalized spacial score (nSPS) is 10.7. The summed E-state index contributed by atoms with van der Waals surface area (Å²) in [5, 5.41) is 8.56. The Morgan fingerprint density at radius 3 is 2.00 bits per heavy atom. The first-order chi connectivity index (χ1) is 12.9. The molecule has 0 saturated carbocycles. The summed E-state index contributed by atoms with van der Waals surface area (Å²) < 4.78 is 0. The molecular formula is C21H21N3O2S. The lowest BCUT2D eigenvalue weighted by molar-refractivity contribution is -0.119. The highest BCUT2D eigenvalue weighted by Crippen LogP contribution is 2.30. The minimum absolute atomic E-state index is 0.00130. The topological polar surface area (TPSA) is 71.1 Å². The van der Waals surface area contributed by atoms with E-state index in [0.717, 1.165) is 33.2 Å². The number of nitrogens with zero attached hydrogens (tertiary/aromatic N) is 1. The van der Waals surface area contributed by atoms with Crippen molar-refractivity contribution in [2.24, 2.45) is 5.92 Å². The molecule has 0 spiro atoms. The van der Waals surface area contributed by atoms with E-state index in [1.807, 2.05) is 67.8 Å². The first-order valence-corrected chi connectivity index (χ1v) is 9.55. The molecule has 0 aliphatic rings. The number of nitrogens with one attached hydrogen (secondary N) is 2. The largest absolute Gasteiger partial charge is 0.326 e. The van der Waals surface area contributed by atoms with E-state index in [-0.39, 0.29) is 17.7 Å². The van der Waals surface area contributed by atoms with E-state index < -0.39 is 0 Å². The van der Waals surface area contributed by atoms with Gasteiger partial charge in [-0.1, -0.05) is 26.0 Å². The molecule has 3 rings (SSSR count).